The Labute approximate surface area is 241 Å². The molecule has 10 nitrogen and oxygen atoms in total. The molecule has 1 aromatic heterocycles. The third-order valence-corrected chi connectivity index (χ3v) is 7.25. The zero-order valence-electron chi connectivity index (χ0n) is 22.5. The number of benzene rings is 2. The number of esters is 1. The Morgan fingerprint density at radius 2 is 1.78 bits per heavy atom. The lowest BCUT2D eigenvalue weighted by molar-refractivity contribution is -0.149. The van der Waals surface area contributed by atoms with Gasteiger partial charge in [-0.15, -0.1) is 0 Å². The third-order valence-electron chi connectivity index (χ3n) is 7.00. The second-order valence-corrected chi connectivity index (χ2v) is 10.1. The van der Waals surface area contributed by atoms with E-state index in [0.717, 1.165) is 0 Å². The van der Waals surface area contributed by atoms with Crippen molar-refractivity contribution < 1.29 is 37.8 Å². The van der Waals surface area contributed by atoms with Crippen LogP contribution in [0.15, 0.2) is 59.0 Å². The largest absolute Gasteiger partial charge is 0.485 e. The number of carbonyl (C=O) groups excluding carboxylic acids is 4. The van der Waals surface area contributed by atoms with Crippen molar-refractivity contribution in [2.45, 2.75) is 26.3 Å². The number of hydrogen-bond donors (Lipinski definition) is 0. The summed E-state index contributed by atoms with van der Waals surface area (Å²) in [5.74, 6) is 0.203. The van der Waals surface area contributed by atoms with Crippen LogP contribution in [0.3, 0.4) is 0 Å². The fourth-order valence-electron chi connectivity index (χ4n) is 4.78. The van der Waals surface area contributed by atoms with Crippen molar-refractivity contribution in [1.29, 1.82) is 0 Å². The zero-order chi connectivity index (χ0) is 28.9. The van der Waals surface area contributed by atoms with Gasteiger partial charge in [-0.3, -0.25) is 24.1 Å². The van der Waals surface area contributed by atoms with Gasteiger partial charge in [0.15, 0.2) is 24.8 Å². The molecule has 0 radical (unpaired) electrons. The minimum absolute atomic E-state index is 0.0479. The molecule has 5 rings (SSSR count). The van der Waals surface area contributed by atoms with Gasteiger partial charge < -0.3 is 23.5 Å². The lowest BCUT2D eigenvalue weighted by Crippen LogP contribution is -2.40. The second kappa shape index (κ2) is 12.5. The summed E-state index contributed by atoms with van der Waals surface area (Å²) in [4.78, 5) is 53.8. The maximum atomic E-state index is 13.0. The average Bonchev–Trinajstić information content (AvgIpc) is 3.46. The number of anilines is 1. The van der Waals surface area contributed by atoms with E-state index >= 15 is 0 Å². The van der Waals surface area contributed by atoms with Crippen molar-refractivity contribution in [2.24, 2.45) is 5.92 Å². The number of likely N-dealkylation sites (tertiary alicyclic amines) is 1. The molecule has 0 bridgehead atoms. The molecule has 0 unspecified atom stereocenters. The van der Waals surface area contributed by atoms with E-state index < -0.39 is 0 Å². The first kappa shape index (κ1) is 28.2. The number of piperidine rings is 1. The van der Waals surface area contributed by atoms with Crippen LogP contribution in [0.1, 0.15) is 46.4 Å². The molecule has 41 heavy (non-hydrogen) atoms. The van der Waals surface area contributed by atoms with E-state index in [0.29, 0.717) is 66.1 Å². The van der Waals surface area contributed by atoms with Crippen molar-refractivity contribution in [1.82, 2.24) is 4.90 Å². The van der Waals surface area contributed by atoms with E-state index in [1.165, 1.54) is 4.90 Å². The molecule has 2 aliphatic rings. The molecule has 1 fully saturated rings. The number of carbonyl (C=O) groups is 4. The van der Waals surface area contributed by atoms with Crippen LogP contribution in [0.5, 0.6) is 11.5 Å². The van der Waals surface area contributed by atoms with Crippen molar-refractivity contribution in [3.63, 3.8) is 0 Å². The van der Waals surface area contributed by atoms with E-state index in [4.69, 9.17) is 30.2 Å². The molecule has 0 spiro atoms. The molecule has 0 saturated carbocycles. The highest BCUT2D eigenvalue weighted by Gasteiger charge is 2.31. The van der Waals surface area contributed by atoms with Gasteiger partial charge in [-0.25, -0.2) is 0 Å². The van der Waals surface area contributed by atoms with Crippen molar-refractivity contribution in [3.8, 4) is 11.5 Å². The maximum Gasteiger partial charge on any atom is 0.309 e. The van der Waals surface area contributed by atoms with Gasteiger partial charge in [0.25, 0.3) is 11.8 Å². The molecule has 2 amide bonds. The summed E-state index contributed by atoms with van der Waals surface area (Å²) < 4.78 is 22.1. The first-order valence-electron chi connectivity index (χ1n) is 13.4. The summed E-state index contributed by atoms with van der Waals surface area (Å²) in [7, 11) is 0. The summed E-state index contributed by atoms with van der Waals surface area (Å²) in [5.41, 5.74) is 0.770. The van der Waals surface area contributed by atoms with Gasteiger partial charge in [0.1, 0.15) is 17.3 Å². The number of halogens is 1. The van der Waals surface area contributed by atoms with E-state index in [-0.39, 0.29) is 55.0 Å². The number of ketones is 1. The molecule has 2 aliphatic heterocycles. The van der Waals surface area contributed by atoms with Crippen molar-refractivity contribution >= 4 is 40.9 Å². The lowest BCUT2D eigenvalue weighted by Gasteiger charge is -2.30. The van der Waals surface area contributed by atoms with E-state index in [2.05, 4.69) is 0 Å². The smallest absolute Gasteiger partial charge is 0.309 e. The van der Waals surface area contributed by atoms with Gasteiger partial charge in [0, 0.05) is 23.7 Å². The number of rotatable bonds is 9. The second-order valence-electron chi connectivity index (χ2n) is 9.70. The lowest BCUT2D eigenvalue weighted by atomic mass is 9.97. The van der Waals surface area contributed by atoms with E-state index in [1.807, 2.05) is 0 Å². The van der Waals surface area contributed by atoms with E-state index in [1.54, 1.807) is 66.4 Å². The Balaban J connectivity index is 1.24. The quantitative estimate of drug-likeness (QED) is 0.268. The fourth-order valence-corrected chi connectivity index (χ4v) is 4.91. The van der Waals surface area contributed by atoms with Crippen molar-refractivity contribution in [2.75, 3.05) is 37.8 Å². The molecule has 2 aromatic carbocycles. The van der Waals surface area contributed by atoms with Crippen LogP contribution in [0.2, 0.25) is 5.02 Å². The summed E-state index contributed by atoms with van der Waals surface area (Å²) in [6.45, 7) is 2.63. The molecule has 3 aromatic rings. The van der Waals surface area contributed by atoms with Crippen LogP contribution < -0.4 is 14.4 Å². The molecule has 0 N–H and O–H groups in total. The predicted octanol–water partition coefficient (Wildman–Crippen LogP) is 4.54. The molecule has 0 aliphatic carbocycles. The number of nitrogens with zero attached hydrogens (tertiary/aromatic N) is 2. The van der Waals surface area contributed by atoms with Gasteiger partial charge in [-0.2, -0.15) is 0 Å². The van der Waals surface area contributed by atoms with Gasteiger partial charge >= 0.3 is 5.97 Å². The molecule has 0 atom stereocenters. The Bertz CT molecular complexity index is 1440. The number of Topliss-reactive ketones (excluding diaryl/α,β-unsaturated/α-hetero) is 1. The molecular weight excluding hydrogens is 552 g/mol. The summed E-state index contributed by atoms with van der Waals surface area (Å²) in [5, 5.41) is 0.562. The average molecular weight is 581 g/mol. The highest BCUT2D eigenvalue weighted by Crippen LogP contribution is 2.34. The predicted molar refractivity (Wildman–Crippen MR) is 148 cm³/mol. The number of hydrogen-bond acceptors (Lipinski definition) is 8. The minimum atomic E-state index is -0.315. The molecule has 214 valence electrons. The van der Waals surface area contributed by atoms with Crippen molar-refractivity contribution in [3.05, 3.63) is 76.7 Å². The maximum absolute atomic E-state index is 13.0. The van der Waals surface area contributed by atoms with E-state index in [9.17, 15) is 19.2 Å². The third kappa shape index (κ3) is 6.54. The SMILES string of the molecule is CCOC(=O)C1CCN(C(=O)c2ccc(CN3C(=O)COc4ccc(C(=O)COc5ccc(Cl)cc5)cc43)o2)CC1. The van der Waals surface area contributed by atoms with Crippen LogP contribution >= 0.6 is 11.6 Å². The summed E-state index contributed by atoms with van der Waals surface area (Å²) in [6, 6.07) is 14.8. The number of ether oxygens (including phenoxy) is 3. The number of fused-ring (bicyclic) bond motifs is 1. The van der Waals surface area contributed by atoms with Gasteiger partial charge in [0.2, 0.25) is 0 Å². The van der Waals surface area contributed by atoms with Crippen LogP contribution in [0, 0.1) is 5.92 Å². The van der Waals surface area contributed by atoms with Gasteiger partial charge in [-0.1, -0.05) is 11.6 Å². The summed E-state index contributed by atoms with van der Waals surface area (Å²) in [6.07, 6.45) is 1.06. The van der Waals surface area contributed by atoms with Gasteiger partial charge in [0.05, 0.1) is 24.8 Å². The van der Waals surface area contributed by atoms with Gasteiger partial charge in [-0.05, 0) is 74.4 Å². The standard InChI is InChI=1S/C30H29ClN2O8/c1-2-38-30(37)19-11-13-32(14-12-19)29(36)27-10-8-23(41-27)16-33-24-15-20(3-9-26(24)40-18-28(33)35)25(34)17-39-22-6-4-21(31)5-7-22/h3-10,15,19H,2,11-14,16-18H2,1H3. The first-order chi connectivity index (χ1) is 19.8. The highest BCUT2D eigenvalue weighted by molar-refractivity contribution is 6.30. The fraction of sp³-hybridized carbons (Fsp3) is 0.333. The minimum Gasteiger partial charge on any atom is -0.485 e. The first-order valence-corrected chi connectivity index (χ1v) is 13.7. The highest BCUT2D eigenvalue weighted by atomic mass is 35.5. The number of furan rings is 1. The Hall–Kier alpha value is -4.31. The topological polar surface area (TPSA) is 116 Å². The molecule has 1 saturated heterocycles. The Morgan fingerprint density at radius 3 is 2.51 bits per heavy atom. The molecular formula is C30H29ClN2O8. The Morgan fingerprint density at radius 1 is 1.02 bits per heavy atom. The molecule has 3 heterocycles. The van der Waals surface area contributed by atoms with Crippen LogP contribution in [-0.2, 0) is 20.9 Å². The summed E-state index contributed by atoms with van der Waals surface area (Å²) >= 11 is 5.89. The normalized spacial score (nSPS) is 15.2. The van der Waals surface area contributed by atoms with Crippen LogP contribution in [-0.4, -0.2) is 61.4 Å². The van der Waals surface area contributed by atoms with Crippen LogP contribution in [0.4, 0.5) is 5.69 Å². The Kier molecular flexibility index (Phi) is 8.58. The zero-order valence-corrected chi connectivity index (χ0v) is 23.2. The number of amides is 2. The molecule has 11 heteroatoms. The monoisotopic (exact) mass is 580 g/mol. The van der Waals surface area contributed by atoms with Crippen LogP contribution in [0.25, 0.3) is 0 Å².